The Morgan fingerprint density at radius 2 is 2.29 bits per heavy atom. The van der Waals surface area contributed by atoms with Gasteiger partial charge in [0.25, 0.3) is 5.69 Å². The van der Waals surface area contributed by atoms with E-state index in [0.29, 0.717) is 24.0 Å². The Morgan fingerprint density at radius 3 is 2.86 bits per heavy atom. The second-order valence-electron chi connectivity index (χ2n) is 4.85. The van der Waals surface area contributed by atoms with Crippen molar-refractivity contribution < 1.29 is 14.4 Å². The minimum absolute atomic E-state index is 0.0567. The van der Waals surface area contributed by atoms with E-state index in [0.717, 1.165) is 12.8 Å². The molecule has 7 heteroatoms. The van der Waals surface area contributed by atoms with Gasteiger partial charge in [-0.05, 0) is 18.9 Å². The summed E-state index contributed by atoms with van der Waals surface area (Å²) >= 11 is 0. The predicted octanol–water partition coefficient (Wildman–Crippen LogP) is 2.02. The fraction of sp³-hybridized carbons (Fsp3) is 0.500. The maximum Gasteiger partial charge on any atom is 0.273 e. The Balaban J connectivity index is 1.93. The van der Waals surface area contributed by atoms with Crippen LogP contribution in [0.25, 0.3) is 0 Å². The minimum atomic E-state index is -0.487. The summed E-state index contributed by atoms with van der Waals surface area (Å²) in [5, 5.41) is 23.0. The number of hydrogen-bond acceptors (Lipinski definition) is 6. The molecule has 0 saturated heterocycles. The van der Waals surface area contributed by atoms with Crippen molar-refractivity contribution in [1.82, 2.24) is 5.32 Å². The van der Waals surface area contributed by atoms with E-state index >= 15 is 0 Å². The number of benzene rings is 1. The van der Waals surface area contributed by atoms with Crippen molar-refractivity contribution >= 4 is 5.69 Å². The lowest BCUT2D eigenvalue weighted by Gasteiger charge is -2.13. The summed E-state index contributed by atoms with van der Waals surface area (Å²) in [5.74, 6) is 0.749. The van der Waals surface area contributed by atoms with Crippen molar-refractivity contribution in [3.63, 3.8) is 0 Å². The molecule has 21 heavy (non-hydrogen) atoms. The Hall–Kier alpha value is -2.33. The van der Waals surface area contributed by atoms with Gasteiger partial charge in [0.2, 0.25) is 0 Å². The molecule has 0 heterocycles. The number of ether oxygens (including phenoxy) is 2. The van der Waals surface area contributed by atoms with Gasteiger partial charge in [-0.3, -0.25) is 15.4 Å². The Bertz CT molecular complexity index is 552. The highest BCUT2D eigenvalue weighted by Gasteiger charge is 2.24. The standard InChI is InChI=1S/C14H17N3O4/c1-20-13-5-4-12(17(18)19)8-14(13)21-7-6-11(9-15)16-10-2-3-10/h4-5,8,10-11,16H,2-3,6-7H2,1H3. The molecule has 1 saturated carbocycles. The van der Waals surface area contributed by atoms with Gasteiger partial charge in [-0.15, -0.1) is 0 Å². The molecule has 112 valence electrons. The Morgan fingerprint density at radius 1 is 1.52 bits per heavy atom. The molecule has 1 aromatic carbocycles. The van der Waals surface area contributed by atoms with E-state index in [1.165, 1.54) is 25.3 Å². The van der Waals surface area contributed by atoms with Gasteiger partial charge >= 0.3 is 0 Å². The van der Waals surface area contributed by atoms with E-state index in [1.54, 1.807) is 0 Å². The fourth-order valence-electron chi connectivity index (χ4n) is 1.90. The van der Waals surface area contributed by atoms with Crippen LogP contribution in [0.4, 0.5) is 5.69 Å². The zero-order valence-electron chi connectivity index (χ0n) is 11.7. The maximum absolute atomic E-state index is 10.8. The molecule has 1 unspecified atom stereocenters. The van der Waals surface area contributed by atoms with Crippen LogP contribution in [-0.2, 0) is 0 Å². The molecule has 1 aliphatic rings. The van der Waals surface area contributed by atoms with Crippen LogP contribution in [0.5, 0.6) is 11.5 Å². The van der Waals surface area contributed by atoms with Gasteiger partial charge in [0, 0.05) is 18.5 Å². The molecule has 1 aromatic rings. The number of nitro benzene ring substituents is 1. The molecule has 2 rings (SSSR count). The van der Waals surface area contributed by atoms with Crippen LogP contribution in [0, 0.1) is 21.4 Å². The van der Waals surface area contributed by atoms with Crippen LogP contribution < -0.4 is 14.8 Å². The van der Waals surface area contributed by atoms with Crippen molar-refractivity contribution in [3.8, 4) is 17.6 Å². The number of non-ortho nitro benzene ring substituents is 1. The smallest absolute Gasteiger partial charge is 0.273 e. The van der Waals surface area contributed by atoms with E-state index in [2.05, 4.69) is 11.4 Å². The highest BCUT2D eigenvalue weighted by atomic mass is 16.6. The summed E-state index contributed by atoms with van der Waals surface area (Å²) in [6, 6.07) is 6.56. The highest BCUT2D eigenvalue weighted by molar-refractivity contribution is 5.48. The van der Waals surface area contributed by atoms with Gasteiger partial charge in [0.05, 0.1) is 36.8 Å². The number of hydrogen-bond donors (Lipinski definition) is 1. The molecule has 1 aliphatic carbocycles. The SMILES string of the molecule is COc1ccc([N+](=O)[O-])cc1OCCC(C#N)NC1CC1. The first-order chi connectivity index (χ1) is 10.1. The minimum Gasteiger partial charge on any atom is -0.493 e. The first-order valence-corrected chi connectivity index (χ1v) is 6.75. The van der Waals surface area contributed by atoms with Crippen LogP contribution in [0.1, 0.15) is 19.3 Å². The van der Waals surface area contributed by atoms with Gasteiger partial charge < -0.3 is 9.47 Å². The normalized spacial score (nSPS) is 15.0. The van der Waals surface area contributed by atoms with Crippen molar-refractivity contribution in [1.29, 1.82) is 5.26 Å². The number of rotatable bonds is 8. The molecule has 0 bridgehead atoms. The quantitative estimate of drug-likeness (QED) is 0.581. The summed E-state index contributed by atoms with van der Waals surface area (Å²) in [7, 11) is 1.47. The third kappa shape index (κ3) is 4.33. The summed E-state index contributed by atoms with van der Waals surface area (Å²) in [6.07, 6.45) is 2.73. The fourth-order valence-corrected chi connectivity index (χ4v) is 1.90. The predicted molar refractivity (Wildman–Crippen MR) is 75.3 cm³/mol. The van der Waals surface area contributed by atoms with Crippen molar-refractivity contribution in [2.75, 3.05) is 13.7 Å². The Labute approximate surface area is 122 Å². The number of nitro groups is 1. The lowest BCUT2D eigenvalue weighted by molar-refractivity contribution is -0.385. The molecule has 0 aromatic heterocycles. The Kier molecular flexibility index (Phi) is 4.95. The van der Waals surface area contributed by atoms with E-state index in [9.17, 15) is 10.1 Å². The highest BCUT2D eigenvalue weighted by Crippen LogP contribution is 2.31. The molecule has 0 aliphatic heterocycles. The largest absolute Gasteiger partial charge is 0.493 e. The van der Waals surface area contributed by atoms with Crippen molar-refractivity contribution in [2.24, 2.45) is 0 Å². The van der Waals surface area contributed by atoms with Crippen LogP contribution in [0.2, 0.25) is 0 Å². The average molecular weight is 291 g/mol. The zero-order chi connectivity index (χ0) is 15.2. The third-order valence-corrected chi connectivity index (χ3v) is 3.19. The maximum atomic E-state index is 10.8. The summed E-state index contributed by atoms with van der Waals surface area (Å²) in [5.41, 5.74) is -0.0567. The van der Waals surface area contributed by atoms with Crippen molar-refractivity contribution in [3.05, 3.63) is 28.3 Å². The number of methoxy groups -OCH3 is 1. The van der Waals surface area contributed by atoms with Gasteiger partial charge in [-0.2, -0.15) is 5.26 Å². The second-order valence-corrected chi connectivity index (χ2v) is 4.85. The topological polar surface area (TPSA) is 97.4 Å². The van der Waals surface area contributed by atoms with Crippen LogP contribution in [0.15, 0.2) is 18.2 Å². The average Bonchev–Trinajstić information content (AvgIpc) is 3.29. The second kappa shape index (κ2) is 6.90. The first kappa shape index (κ1) is 15.1. The molecule has 0 spiro atoms. The zero-order valence-corrected chi connectivity index (χ0v) is 11.7. The van der Waals surface area contributed by atoms with Gasteiger partial charge in [0.15, 0.2) is 11.5 Å². The monoisotopic (exact) mass is 291 g/mol. The van der Waals surface area contributed by atoms with Crippen molar-refractivity contribution in [2.45, 2.75) is 31.3 Å². The molecular weight excluding hydrogens is 274 g/mol. The summed E-state index contributed by atoms with van der Waals surface area (Å²) in [4.78, 5) is 10.3. The van der Waals surface area contributed by atoms with Crippen LogP contribution in [0.3, 0.4) is 0 Å². The number of nitriles is 1. The van der Waals surface area contributed by atoms with Gasteiger partial charge in [0.1, 0.15) is 0 Å². The summed E-state index contributed by atoms with van der Waals surface area (Å²) < 4.78 is 10.6. The van der Waals surface area contributed by atoms with E-state index in [1.807, 2.05) is 0 Å². The van der Waals surface area contributed by atoms with E-state index in [4.69, 9.17) is 14.7 Å². The number of nitrogens with zero attached hydrogens (tertiary/aromatic N) is 2. The van der Waals surface area contributed by atoms with Gasteiger partial charge in [-0.25, -0.2) is 0 Å². The van der Waals surface area contributed by atoms with E-state index in [-0.39, 0.29) is 18.3 Å². The first-order valence-electron chi connectivity index (χ1n) is 6.75. The third-order valence-electron chi connectivity index (χ3n) is 3.19. The number of nitrogens with one attached hydrogen (secondary N) is 1. The molecule has 0 amide bonds. The van der Waals surface area contributed by atoms with Crippen LogP contribution in [-0.4, -0.2) is 30.7 Å². The molecule has 1 atom stereocenters. The van der Waals surface area contributed by atoms with E-state index < -0.39 is 4.92 Å². The molecular formula is C14H17N3O4. The lowest BCUT2D eigenvalue weighted by atomic mass is 10.2. The summed E-state index contributed by atoms with van der Waals surface area (Å²) in [6.45, 7) is 0.287. The lowest BCUT2D eigenvalue weighted by Crippen LogP contribution is -2.31. The van der Waals surface area contributed by atoms with Gasteiger partial charge in [-0.1, -0.05) is 0 Å². The molecule has 1 fully saturated rings. The molecule has 1 N–H and O–H groups in total. The molecule has 0 radical (unpaired) electrons. The van der Waals surface area contributed by atoms with Crippen LogP contribution >= 0.6 is 0 Å². The molecule has 7 nitrogen and oxygen atoms in total.